The van der Waals surface area contributed by atoms with Gasteiger partial charge in [-0.15, -0.1) is 0 Å². The molecule has 0 amide bonds. The molecule has 0 fully saturated rings. The maximum absolute atomic E-state index is 12.4. The number of halogens is 3. The van der Waals surface area contributed by atoms with E-state index in [0.29, 0.717) is 5.56 Å². The molecule has 0 saturated heterocycles. The number of likely N-dealkylation sites (N-methyl/N-ethyl adjacent to an activating group) is 1. The number of alkyl halides is 3. The van der Waals surface area contributed by atoms with Gasteiger partial charge in [-0.1, -0.05) is 12.1 Å². The third-order valence-corrected chi connectivity index (χ3v) is 3.30. The third kappa shape index (κ3) is 3.70. The first-order valence-electron chi connectivity index (χ1n) is 5.76. The van der Waals surface area contributed by atoms with Crippen LogP contribution in [0.5, 0.6) is 0 Å². The van der Waals surface area contributed by atoms with Crippen molar-refractivity contribution in [1.82, 2.24) is 4.90 Å². The molecule has 0 saturated carbocycles. The lowest BCUT2D eigenvalue weighted by molar-refractivity contribution is -0.142. The summed E-state index contributed by atoms with van der Waals surface area (Å²) in [6.07, 6.45) is -4.36. The maximum Gasteiger partial charge on any atom is 0.416 e. The first-order chi connectivity index (χ1) is 8.64. The van der Waals surface area contributed by atoms with Gasteiger partial charge in [0.2, 0.25) is 0 Å². The van der Waals surface area contributed by atoms with Crippen molar-refractivity contribution in [2.75, 3.05) is 7.05 Å². The van der Waals surface area contributed by atoms with Crippen LogP contribution in [0.15, 0.2) is 24.3 Å². The SMILES string of the molecule is CC(C(=O)O)N(C)C(C)c1ccc(C(F)(F)F)cc1. The molecule has 0 heterocycles. The topological polar surface area (TPSA) is 40.5 Å². The molecule has 3 nitrogen and oxygen atoms in total. The van der Waals surface area contributed by atoms with Crippen LogP contribution in [0.25, 0.3) is 0 Å². The van der Waals surface area contributed by atoms with E-state index in [4.69, 9.17) is 5.11 Å². The number of rotatable bonds is 4. The molecule has 1 N–H and O–H groups in total. The number of benzene rings is 1. The number of carbonyl (C=O) groups is 1. The average molecular weight is 275 g/mol. The van der Waals surface area contributed by atoms with E-state index in [1.165, 1.54) is 19.1 Å². The molecule has 1 aromatic carbocycles. The predicted molar refractivity (Wildman–Crippen MR) is 64.7 cm³/mol. The number of hydrogen-bond donors (Lipinski definition) is 1. The van der Waals surface area contributed by atoms with Gasteiger partial charge in [0.25, 0.3) is 0 Å². The normalized spacial score (nSPS) is 15.3. The zero-order valence-corrected chi connectivity index (χ0v) is 10.9. The van der Waals surface area contributed by atoms with Gasteiger partial charge in [0, 0.05) is 6.04 Å². The zero-order valence-electron chi connectivity index (χ0n) is 10.9. The summed E-state index contributed by atoms with van der Waals surface area (Å²) in [7, 11) is 1.63. The molecule has 1 aromatic rings. The van der Waals surface area contributed by atoms with Crippen molar-refractivity contribution in [2.24, 2.45) is 0 Å². The lowest BCUT2D eigenvalue weighted by Crippen LogP contribution is -2.37. The molecule has 0 aliphatic rings. The van der Waals surface area contributed by atoms with Gasteiger partial charge >= 0.3 is 12.1 Å². The van der Waals surface area contributed by atoms with Crippen LogP contribution in [0, 0.1) is 0 Å². The molecule has 0 aliphatic carbocycles. The van der Waals surface area contributed by atoms with Gasteiger partial charge in [0.05, 0.1) is 5.56 Å². The van der Waals surface area contributed by atoms with Crippen LogP contribution in [0.4, 0.5) is 13.2 Å². The highest BCUT2D eigenvalue weighted by Crippen LogP contribution is 2.30. The molecule has 0 spiro atoms. The maximum atomic E-state index is 12.4. The highest BCUT2D eigenvalue weighted by molar-refractivity contribution is 5.72. The Labute approximate surface area is 109 Å². The first-order valence-corrected chi connectivity index (χ1v) is 5.76. The second-order valence-electron chi connectivity index (χ2n) is 4.48. The predicted octanol–water partition coefficient (Wildman–Crippen LogP) is 3.17. The number of carboxylic acids is 1. The van der Waals surface area contributed by atoms with E-state index in [9.17, 15) is 18.0 Å². The molecule has 0 aromatic heterocycles. The minimum Gasteiger partial charge on any atom is -0.480 e. The molecule has 2 atom stereocenters. The molecule has 0 aliphatic heterocycles. The molecule has 2 unspecified atom stereocenters. The highest BCUT2D eigenvalue weighted by atomic mass is 19.4. The fourth-order valence-electron chi connectivity index (χ4n) is 1.70. The largest absolute Gasteiger partial charge is 0.480 e. The number of carboxylic acid groups (broad SMARTS) is 1. The second-order valence-corrected chi connectivity index (χ2v) is 4.48. The lowest BCUT2D eigenvalue weighted by atomic mass is 10.0. The summed E-state index contributed by atoms with van der Waals surface area (Å²) in [6.45, 7) is 3.28. The average Bonchev–Trinajstić information content (AvgIpc) is 2.35. The van der Waals surface area contributed by atoms with Gasteiger partial charge in [-0.2, -0.15) is 13.2 Å². The highest BCUT2D eigenvalue weighted by Gasteiger charge is 2.30. The molecule has 0 radical (unpaired) electrons. The van der Waals surface area contributed by atoms with Gasteiger partial charge in [-0.25, -0.2) is 0 Å². The van der Waals surface area contributed by atoms with Gasteiger partial charge < -0.3 is 5.11 Å². The van der Waals surface area contributed by atoms with Gasteiger partial charge in [0.15, 0.2) is 0 Å². The molecule has 1 rings (SSSR count). The smallest absolute Gasteiger partial charge is 0.416 e. The van der Waals surface area contributed by atoms with Crippen LogP contribution in [0.1, 0.15) is 31.0 Å². The van der Waals surface area contributed by atoms with Gasteiger partial charge in [0.1, 0.15) is 6.04 Å². The number of aliphatic carboxylic acids is 1. The van der Waals surface area contributed by atoms with Crippen molar-refractivity contribution >= 4 is 5.97 Å². The van der Waals surface area contributed by atoms with Crippen LogP contribution >= 0.6 is 0 Å². The van der Waals surface area contributed by atoms with E-state index in [-0.39, 0.29) is 6.04 Å². The van der Waals surface area contributed by atoms with Gasteiger partial charge in [-0.05, 0) is 38.6 Å². The summed E-state index contributed by atoms with van der Waals surface area (Å²) >= 11 is 0. The lowest BCUT2D eigenvalue weighted by Gasteiger charge is -2.28. The molecule has 19 heavy (non-hydrogen) atoms. The van der Waals surface area contributed by atoms with E-state index in [2.05, 4.69) is 0 Å². The Morgan fingerprint density at radius 3 is 2.05 bits per heavy atom. The van der Waals surface area contributed by atoms with Crippen molar-refractivity contribution in [2.45, 2.75) is 32.1 Å². The minimum atomic E-state index is -4.36. The molecular weight excluding hydrogens is 259 g/mol. The molecule has 0 bridgehead atoms. The number of hydrogen-bond acceptors (Lipinski definition) is 2. The molecule has 106 valence electrons. The summed E-state index contributed by atoms with van der Waals surface area (Å²) in [5.74, 6) is -0.971. The Morgan fingerprint density at radius 2 is 1.68 bits per heavy atom. The summed E-state index contributed by atoms with van der Waals surface area (Å²) in [5, 5.41) is 8.91. The Morgan fingerprint density at radius 1 is 1.21 bits per heavy atom. The number of nitrogens with zero attached hydrogens (tertiary/aromatic N) is 1. The Hall–Kier alpha value is -1.56. The van der Waals surface area contributed by atoms with Crippen molar-refractivity contribution in [1.29, 1.82) is 0 Å². The standard InChI is InChI=1S/C13H16F3NO2/c1-8(17(3)9(2)12(18)19)10-4-6-11(7-5-10)13(14,15)16/h4-9H,1-3H3,(H,18,19). The molecular formula is C13H16F3NO2. The Kier molecular flexibility index (Phi) is 4.57. The van der Waals surface area contributed by atoms with E-state index in [1.54, 1.807) is 18.9 Å². The summed E-state index contributed by atoms with van der Waals surface area (Å²) < 4.78 is 37.3. The van der Waals surface area contributed by atoms with E-state index in [0.717, 1.165) is 12.1 Å². The minimum absolute atomic E-state index is 0.284. The fourth-order valence-corrected chi connectivity index (χ4v) is 1.70. The van der Waals surface area contributed by atoms with Crippen LogP contribution in [-0.4, -0.2) is 29.1 Å². The fraction of sp³-hybridized carbons (Fsp3) is 0.462. The van der Waals surface area contributed by atoms with Crippen molar-refractivity contribution in [3.8, 4) is 0 Å². The van der Waals surface area contributed by atoms with E-state index in [1.807, 2.05) is 0 Å². The van der Waals surface area contributed by atoms with Crippen LogP contribution in [-0.2, 0) is 11.0 Å². The Balaban J connectivity index is 2.89. The van der Waals surface area contributed by atoms with E-state index >= 15 is 0 Å². The third-order valence-electron chi connectivity index (χ3n) is 3.30. The van der Waals surface area contributed by atoms with Crippen molar-refractivity contribution in [3.63, 3.8) is 0 Å². The van der Waals surface area contributed by atoms with Crippen LogP contribution in [0.2, 0.25) is 0 Å². The van der Waals surface area contributed by atoms with Crippen molar-refractivity contribution < 1.29 is 23.1 Å². The van der Waals surface area contributed by atoms with Gasteiger partial charge in [-0.3, -0.25) is 9.69 Å². The quantitative estimate of drug-likeness (QED) is 0.917. The second kappa shape index (κ2) is 5.61. The first kappa shape index (κ1) is 15.5. The Bertz CT molecular complexity index is 442. The van der Waals surface area contributed by atoms with Crippen molar-refractivity contribution in [3.05, 3.63) is 35.4 Å². The summed E-state index contributed by atoms with van der Waals surface area (Å²) in [4.78, 5) is 12.5. The van der Waals surface area contributed by atoms with Crippen LogP contribution in [0.3, 0.4) is 0 Å². The monoisotopic (exact) mass is 275 g/mol. The summed E-state index contributed by atoms with van der Waals surface area (Å²) in [6, 6.07) is 3.76. The summed E-state index contributed by atoms with van der Waals surface area (Å²) in [5.41, 5.74) is -0.0685. The van der Waals surface area contributed by atoms with Crippen LogP contribution < -0.4 is 0 Å². The van der Waals surface area contributed by atoms with E-state index < -0.39 is 23.8 Å². The zero-order chi connectivity index (χ0) is 14.8. The molecule has 6 heteroatoms.